The molecule has 0 bridgehead atoms. The number of carbonyl (C=O) groups is 1. The Labute approximate surface area is 159 Å². The maximum Gasteiger partial charge on any atom is 0.261 e. The fourth-order valence-corrected chi connectivity index (χ4v) is 2.91. The van der Waals surface area contributed by atoms with E-state index in [2.05, 4.69) is 5.32 Å². The van der Waals surface area contributed by atoms with Gasteiger partial charge in [-0.15, -0.1) is 0 Å². The van der Waals surface area contributed by atoms with Gasteiger partial charge in [0.25, 0.3) is 5.91 Å². The van der Waals surface area contributed by atoms with Gasteiger partial charge in [0, 0.05) is 0 Å². The van der Waals surface area contributed by atoms with Crippen molar-refractivity contribution >= 4 is 5.91 Å². The number of para-hydroxylation sites is 2. The largest absolute Gasteiger partial charge is 0.493 e. The van der Waals surface area contributed by atoms with Crippen LogP contribution in [-0.4, -0.2) is 32.3 Å². The van der Waals surface area contributed by atoms with Crippen molar-refractivity contribution in [1.29, 1.82) is 0 Å². The van der Waals surface area contributed by atoms with Gasteiger partial charge in [0.15, 0.2) is 29.1 Å². The first-order chi connectivity index (χ1) is 13.1. The van der Waals surface area contributed by atoms with E-state index in [1.54, 1.807) is 19.2 Å². The molecular formula is C21H25NO5. The van der Waals surface area contributed by atoms with Gasteiger partial charge in [0.05, 0.1) is 13.2 Å². The lowest BCUT2D eigenvalue weighted by Gasteiger charge is -2.23. The second kappa shape index (κ2) is 8.66. The van der Waals surface area contributed by atoms with Crippen molar-refractivity contribution in [3.8, 4) is 23.0 Å². The third-order valence-corrected chi connectivity index (χ3v) is 4.43. The number of rotatable bonds is 7. The molecule has 0 saturated heterocycles. The number of fused-ring (bicyclic) bond motifs is 1. The van der Waals surface area contributed by atoms with Crippen molar-refractivity contribution in [1.82, 2.24) is 5.32 Å². The van der Waals surface area contributed by atoms with Crippen LogP contribution in [0.25, 0.3) is 0 Å². The quantitative estimate of drug-likeness (QED) is 0.807. The maximum atomic E-state index is 12.7. The molecule has 0 aromatic heterocycles. The first-order valence-electron chi connectivity index (χ1n) is 9.12. The molecule has 0 unspecified atom stereocenters. The Balaban J connectivity index is 1.67. The Kier molecular flexibility index (Phi) is 6.06. The zero-order valence-electron chi connectivity index (χ0n) is 15.9. The highest BCUT2D eigenvalue weighted by molar-refractivity contribution is 5.81. The number of methoxy groups -OCH3 is 1. The van der Waals surface area contributed by atoms with Crippen LogP contribution >= 0.6 is 0 Å². The third kappa shape index (κ3) is 4.45. The maximum absolute atomic E-state index is 12.7. The molecular weight excluding hydrogens is 346 g/mol. The highest BCUT2D eigenvalue weighted by Crippen LogP contribution is 2.33. The number of nitrogens with one attached hydrogen (secondary N) is 1. The fraction of sp³-hybridized carbons (Fsp3) is 0.381. The molecule has 0 fully saturated rings. The lowest BCUT2D eigenvalue weighted by molar-refractivity contribution is -0.128. The molecule has 3 rings (SSSR count). The Morgan fingerprint density at radius 1 is 1.11 bits per heavy atom. The van der Waals surface area contributed by atoms with E-state index in [9.17, 15) is 4.79 Å². The Morgan fingerprint density at radius 3 is 2.52 bits per heavy atom. The normalized spacial score (nSPS) is 14.8. The van der Waals surface area contributed by atoms with Gasteiger partial charge < -0.3 is 24.3 Å². The number of ether oxygens (including phenoxy) is 4. The number of hydrogen-bond acceptors (Lipinski definition) is 5. The summed E-state index contributed by atoms with van der Waals surface area (Å²) < 4.78 is 22.3. The van der Waals surface area contributed by atoms with Gasteiger partial charge in [-0.3, -0.25) is 4.79 Å². The van der Waals surface area contributed by atoms with E-state index in [-0.39, 0.29) is 11.9 Å². The molecule has 2 aromatic carbocycles. The van der Waals surface area contributed by atoms with Gasteiger partial charge in [-0.05, 0) is 43.2 Å². The number of hydrogen-bond donors (Lipinski definition) is 1. The highest BCUT2D eigenvalue weighted by Gasteiger charge is 2.23. The average molecular weight is 371 g/mol. The Hall–Kier alpha value is -2.89. The molecule has 0 saturated carbocycles. The minimum Gasteiger partial charge on any atom is -0.493 e. The molecule has 1 heterocycles. The van der Waals surface area contributed by atoms with E-state index >= 15 is 0 Å². The SMILES string of the molecule is CC[C@@H](Oc1ccccc1OC)C(=O)N[C@@H](C)c1ccc2c(c1)OCCO2. The van der Waals surface area contributed by atoms with Crippen LogP contribution in [0.3, 0.4) is 0 Å². The second-order valence-electron chi connectivity index (χ2n) is 6.30. The summed E-state index contributed by atoms with van der Waals surface area (Å²) >= 11 is 0. The van der Waals surface area contributed by atoms with Crippen molar-refractivity contribution < 1.29 is 23.7 Å². The van der Waals surface area contributed by atoms with Crippen LogP contribution in [0.5, 0.6) is 23.0 Å². The predicted molar refractivity (Wildman–Crippen MR) is 102 cm³/mol. The van der Waals surface area contributed by atoms with E-state index in [1.165, 1.54) is 0 Å². The molecule has 0 aliphatic carbocycles. The molecule has 1 aliphatic rings. The predicted octanol–water partition coefficient (Wildman–Crippen LogP) is 3.50. The summed E-state index contributed by atoms with van der Waals surface area (Å²) in [6.07, 6.45) is -0.0708. The highest BCUT2D eigenvalue weighted by atomic mass is 16.6. The molecule has 1 N–H and O–H groups in total. The van der Waals surface area contributed by atoms with Gasteiger partial charge in [-0.1, -0.05) is 25.1 Å². The minimum absolute atomic E-state index is 0.175. The molecule has 144 valence electrons. The van der Waals surface area contributed by atoms with Crippen LogP contribution < -0.4 is 24.3 Å². The molecule has 0 spiro atoms. The van der Waals surface area contributed by atoms with Crippen LogP contribution in [0.1, 0.15) is 31.9 Å². The summed E-state index contributed by atoms with van der Waals surface area (Å²) in [5, 5.41) is 3.01. The summed E-state index contributed by atoms with van der Waals surface area (Å²) in [6, 6.07) is 12.8. The van der Waals surface area contributed by atoms with Gasteiger partial charge in [0.1, 0.15) is 13.2 Å². The summed E-state index contributed by atoms with van der Waals surface area (Å²) in [4.78, 5) is 12.7. The standard InChI is InChI=1S/C21H25NO5/c1-4-16(27-19-8-6-5-7-17(19)24-3)21(23)22-14(2)15-9-10-18-20(13-15)26-12-11-25-18/h5-10,13-14,16H,4,11-12H2,1-3H3,(H,22,23)/t14-,16+/m0/s1. The monoisotopic (exact) mass is 371 g/mol. The van der Waals surface area contributed by atoms with Crippen molar-refractivity contribution in [2.24, 2.45) is 0 Å². The summed E-state index contributed by atoms with van der Waals surface area (Å²) in [6.45, 7) is 4.92. The molecule has 2 aromatic rings. The van der Waals surface area contributed by atoms with Gasteiger partial charge in [0.2, 0.25) is 0 Å². The lowest BCUT2D eigenvalue weighted by atomic mass is 10.1. The van der Waals surface area contributed by atoms with Crippen molar-refractivity contribution in [3.05, 3.63) is 48.0 Å². The van der Waals surface area contributed by atoms with Crippen molar-refractivity contribution in [2.45, 2.75) is 32.4 Å². The molecule has 2 atom stereocenters. The zero-order valence-corrected chi connectivity index (χ0v) is 15.9. The first kappa shape index (κ1) is 18.9. The van der Waals surface area contributed by atoms with Crippen molar-refractivity contribution in [2.75, 3.05) is 20.3 Å². The van der Waals surface area contributed by atoms with Crippen LogP contribution in [0.2, 0.25) is 0 Å². The topological polar surface area (TPSA) is 66.0 Å². The average Bonchev–Trinajstić information content (AvgIpc) is 2.71. The number of carbonyl (C=O) groups excluding carboxylic acids is 1. The van der Waals surface area contributed by atoms with E-state index in [1.807, 2.05) is 44.2 Å². The van der Waals surface area contributed by atoms with Crippen LogP contribution in [0.4, 0.5) is 0 Å². The minimum atomic E-state index is -0.610. The third-order valence-electron chi connectivity index (χ3n) is 4.43. The molecule has 6 nitrogen and oxygen atoms in total. The van der Waals surface area contributed by atoms with Crippen LogP contribution in [-0.2, 0) is 4.79 Å². The van der Waals surface area contributed by atoms with Gasteiger partial charge >= 0.3 is 0 Å². The molecule has 1 amide bonds. The van der Waals surface area contributed by atoms with Gasteiger partial charge in [-0.25, -0.2) is 0 Å². The van der Waals surface area contributed by atoms with Crippen molar-refractivity contribution in [3.63, 3.8) is 0 Å². The lowest BCUT2D eigenvalue weighted by Crippen LogP contribution is -2.39. The van der Waals surface area contributed by atoms with Crippen LogP contribution in [0.15, 0.2) is 42.5 Å². The zero-order chi connectivity index (χ0) is 19.2. The second-order valence-corrected chi connectivity index (χ2v) is 6.30. The molecule has 27 heavy (non-hydrogen) atoms. The van der Waals surface area contributed by atoms with Crippen LogP contribution in [0, 0.1) is 0 Å². The Bertz CT molecular complexity index is 792. The van der Waals surface area contributed by atoms with E-state index < -0.39 is 6.10 Å². The summed E-state index contributed by atoms with van der Waals surface area (Å²) in [7, 11) is 1.58. The summed E-state index contributed by atoms with van der Waals surface area (Å²) in [5.41, 5.74) is 0.944. The van der Waals surface area contributed by atoms with Gasteiger partial charge in [-0.2, -0.15) is 0 Å². The first-order valence-corrected chi connectivity index (χ1v) is 9.12. The number of benzene rings is 2. The summed E-state index contributed by atoms with van der Waals surface area (Å²) in [5.74, 6) is 2.41. The van der Waals surface area contributed by atoms with E-state index in [0.29, 0.717) is 36.9 Å². The number of amides is 1. The molecule has 6 heteroatoms. The van der Waals surface area contributed by atoms with E-state index in [4.69, 9.17) is 18.9 Å². The fourth-order valence-electron chi connectivity index (χ4n) is 2.91. The molecule has 0 radical (unpaired) electrons. The smallest absolute Gasteiger partial charge is 0.261 e. The molecule has 1 aliphatic heterocycles. The van der Waals surface area contributed by atoms with E-state index in [0.717, 1.165) is 11.3 Å². The Morgan fingerprint density at radius 2 is 1.81 bits per heavy atom.